The molecule has 2 aliphatic carbocycles. The molecular weight excluding hydrogens is 831 g/mol. The fourth-order valence-electron chi connectivity index (χ4n) is 8.12. The zero-order chi connectivity index (χ0) is 43.6. The molecule has 2 aliphatic heterocycles. The van der Waals surface area contributed by atoms with Gasteiger partial charge in [-0.1, -0.05) is 44.0 Å². The molecule has 1 aromatic carbocycles. The monoisotopic (exact) mass is 879 g/mol. The van der Waals surface area contributed by atoms with Crippen LogP contribution in [0.2, 0.25) is 5.02 Å². The van der Waals surface area contributed by atoms with E-state index < -0.39 is 85.9 Å². The Morgan fingerprint density at radius 2 is 1.88 bits per heavy atom. The summed E-state index contributed by atoms with van der Waals surface area (Å²) in [6.45, 7) is 6.42. The number of halogens is 4. The highest BCUT2D eigenvalue weighted by Gasteiger charge is 2.63. The minimum atomic E-state index is -4.93. The number of rotatable bonds is 8. The SMILES string of the molecule is CC[C@@H]1C[C@H](C)CC/C=C\[C@@H]2C[C@@]2(C(=O)NS(=O)(=O)C2(C)CC2)NC(=O)[C@@H]2C[C@@H](Oc3nc4nccn4c4ccc(Cl)cc34)CN2C(=O)[C@H]1NC(=O)OC(C)(C)C(F)(F)F. The maximum atomic E-state index is 15.0. The number of carbonyl (C=O) groups is 4. The smallest absolute Gasteiger partial charge is 0.427 e. The topological polar surface area (TPSA) is 190 Å². The third-order valence-corrected chi connectivity index (χ3v) is 14.9. The number of imidazole rings is 1. The molecule has 0 bridgehead atoms. The van der Waals surface area contributed by atoms with Crippen molar-refractivity contribution in [3.63, 3.8) is 0 Å². The number of sulfonamides is 1. The first-order chi connectivity index (χ1) is 28.1. The lowest BCUT2D eigenvalue weighted by Gasteiger charge is -2.35. The molecular formula is C40H49ClF3N7O8S. The number of fused-ring (bicyclic) bond motifs is 5. The Hall–Kier alpha value is -4.65. The number of hydrogen-bond donors (Lipinski definition) is 3. The second-order valence-electron chi connectivity index (χ2n) is 17.3. The minimum Gasteiger partial charge on any atom is -0.472 e. The van der Waals surface area contributed by atoms with Gasteiger partial charge in [0, 0.05) is 29.8 Å². The van der Waals surface area contributed by atoms with Crippen molar-refractivity contribution in [1.29, 1.82) is 0 Å². The molecule has 7 rings (SSSR count). The van der Waals surface area contributed by atoms with Gasteiger partial charge in [0.1, 0.15) is 23.7 Å². The summed E-state index contributed by atoms with van der Waals surface area (Å²) in [7, 11) is -4.09. The van der Waals surface area contributed by atoms with Gasteiger partial charge < -0.3 is 25.0 Å². The number of allylic oxidation sites excluding steroid dienone is 1. The van der Waals surface area contributed by atoms with E-state index in [-0.39, 0.29) is 31.2 Å². The summed E-state index contributed by atoms with van der Waals surface area (Å²) >= 11 is 6.39. The average Bonchev–Trinajstić information content (AvgIpc) is 3.95. The van der Waals surface area contributed by atoms with Crippen molar-refractivity contribution < 1.29 is 50.2 Å². The van der Waals surface area contributed by atoms with E-state index in [1.165, 1.54) is 11.8 Å². The molecule has 0 radical (unpaired) electrons. The van der Waals surface area contributed by atoms with Gasteiger partial charge >= 0.3 is 12.3 Å². The summed E-state index contributed by atoms with van der Waals surface area (Å²) in [5.41, 5.74) is -3.91. The molecule has 0 unspecified atom stereocenters. The molecule has 1 saturated heterocycles. The van der Waals surface area contributed by atoms with Gasteiger partial charge in [-0.25, -0.2) is 18.2 Å². The molecule has 0 spiro atoms. The predicted octanol–water partition coefficient (Wildman–Crippen LogP) is 5.60. The number of alkyl carbamates (subject to hydrolysis) is 1. The van der Waals surface area contributed by atoms with E-state index in [2.05, 4.69) is 25.3 Å². The normalized spacial score (nSPS) is 29.1. The van der Waals surface area contributed by atoms with Gasteiger partial charge in [-0.05, 0) is 89.3 Å². The van der Waals surface area contributed by atoms with Crippen molar-refractivity contribution in [1.82, 2.24) is 34.6 Å². The Morgan fingerprint density at radius 3 is 2.57 bits per heavy atom. The number of alkyl halides is 3. The Bertz CT molecular complexity index is 2350. The second kappa shape index (κ2) is 15.7. The minimum absolute atomic E-state index is 0.0462. The predicted molar refractivity (Wildman–Crippen MR) is 213 cm³/mol. The van der Waals surface area contributed by atoms with E-state index in [0.717, 1.165) is 0 Å². The molecule has 3 aromatic rings. The van der Waals surface area contributed by atoms with Gasteiger partial charge in [-0.3, -0.25) is 23.5 Å². The third kappa shape index (κ3) is 8.35. The first kappa shape index (κ1) is 43.4. The summed E-state index contributed by atoms with van der Waals surface area (Å²) in [6.07, 6.45) is 2.11. The molecule has 7 atom stereocenters. The molecule has 2 saturated carbocycles. The Balaban J connectivity index is 1.26. The highest BCUT2D eigenvalue weighted by atomic mass is 35.5. The van der Waals surface area contributed by atoms with Crippen LogP contribution in [0.25, 0.3) is 16.7 Å². The van der Waals surface area contributed by atoms with Gasteiger partial charge in [0.15, 0.2) is 0 Å². The molecule has 3 N–H and O–H groups in total. The van der Waals surface area contributed by atoms with Crippen LogP contribution in [0.5, 0.6) is 5.88 Å². The van der Waals surface area contributed by atoms with Crippen molar-refractivity contribution in [3.8, 4) is 5.88 Å². The summed E-state index contributed by atoms with van der Waals surface area (Å²) in [6, 6.07) is 2.28. The lowest BCUT2D eigenvalue weighted by Crippen LogP contribution is -2.60. The Labute approximate surface area is 350 Å². The van der Waals surface area contributed by atoms with E-state index in [1.54, 1.807) is 48.0 Å². The van der Waals surface area contributed by atoms with Crippen molar-refractivity contribution >= 4 is 62.1 Å². The molecule has 15 nitrogen and oxygen atoms in total. The third-order valence-electron chi connectivity index (χ3n) is 12.5. The van der Waals surface area contributed by atoms with Crippen LogP contribution in [0.4, 0.5) is 18.0 Å². The summed E-state index contributed by atoms with van der Waals surface area (Å²) in [5, 5.41) is 6.11. The molecule has 2 aromatic heterocycles. The molecule has 20 heteroatoms. The van der Waals surface area contributed by atoms with Crippen molar-refractivity contribution in [3.05, 3.63) is 47.8 Å². The lowest BCUT2D eigenvalue weighted by atomic mass is 9.85. The van der Waals surface area contributed by atoms with Crippen molar-refractivity contribution in [2.45, 2.75) is 126 Å². The van der Waals surface area contributed by atoms with E-state index in [0.29, 0.717) is 74.1 Å². The number of nitrogens with one attached hydrogen (secondary N) is 3. The molecule has 60 heavy (non-hydrogen) atoms. The van der Waals surface area contributed by atoms with Gasteiger partial charge in [-0.15, -0.1) is 0 Å². The fraction of sp³-hybridized carbons (Fsp3) is 0.600. The second-order valence-corrected chi connectivity index (χ2v) is 20.0. The van der Waals surface area contributed by atoms with Gasteiger partial charge in [0.25, 0.3) is 5.91 Å². The van der Waals surface area contributed by atoms with Gasteiger partial charge in [-0.2, -0.15) is 18.2 Å². The number of benzene rings is 1. The first-order valence-electron chi connectivity index (χ1n) is 20.1. The van der Waals surface area contributed by atoms with E-state index in [1.807, 2.05) is 13.0 Å². The van der Waals surface area contributed by atoms with Crippen LogP contribution in [-0.2, 0) is 29.1 Å². The van der Waals surface area contributed by atoms with Gasteiger partial charge in [0.2, 0.25) is 39.1 Å². The Morgan fingerprint density at radius 1 is 1.15 bits per heavy atom. The van der Waals surface area contributed by atoms with E-state index in [9.17, 15) is 40.8 Å². The van der Waals surface area contributed by atoms with E-state index >= 15 is 0 Å². The molecule has 4 amide bonds. The number of amides is 4. The van der Waals surface area contributed by atoms with Crippen LogP contribution in [-0.4, -0.2) is 98.3 Å². The zero-order valence-electron chi connectivity index (χ0n) is 33.8. The van der Waals surface area contributed by atoms with Gasteiger partial charge in [0.05, 0.1) is 22.2 Å². The quantitative estimate of drug-likeness (QED) is 0.241. The number of nitrogens with zero attached hydrogens (tertiary/aromatic N) is 4. The summed E-state index contributed by atoms with van der Waals surface area (Å²) in [5.74, 6) is -3.31. The van der Waals surface area contributed by atoms with Crippen molar-refractivity contribution in [2.75, 3.05) is 6.54 Å². The van der Waals surface area contributed by atoms with Crippen molar-refractivity contribution in [2.24, 2.45) is 17.8 Å². The van der Waals surface area contributed by atoms with Crippen LogP contribution in [0.1, 0.15) is 86.0 Å². The Kier molecular flexibility index (Phi) is 11.3. The average molecular weight is 880 g/mol. The largest absolute Gasteiger partial charge is 0.472 e. The van der Waals surface area contributed by atoms with Crippen LogP contribution < -0.4 is 20.1 Å². The van der Waals surface area contributed by atoms with E-state index in [4.69, 9.17) is 21.1 Å². The van der Waals surface area contributed by atoms with Crippen LogP contribution in [0.15, 0.2) is 42.7 Å². The first-order valence-corrected chi connectivity index (χ1v) is 22.0. The summed E-state index contributed by atoms with van der Waals surface area (Å²) < 4.78 is 82.1. The molecule has 4 aliphatic rings. The number of hydrogen-bond acceptors (Lipinski definition) is 10. The maximum Gasteiger partial charge on any atom is 0.427 e. The molecule has 326 valence electrons. The molecule has 3 fully saturated rings. The fourth-order valence-corrected chi connectivity index (χ4v) is 9.60. The maximum absolute atomic E-state index is 15.0. The lowest BCUT2D eigenvalue weighted by molar-refractivity contribution is -0.244. The zero-order valence-corrected chi connectivity index (χ0v) is 35.4. The standard InChI is InChI=1S/C40H49ClF3N7O8S/c1-6-23-17-22(2)9-7-8-10-24-20-39(24,34(54)49-60(56,57)38(5)13-14-38)48-31(52)29-19-26(21-51(29)33(53)30(23)46-36(55)59-37(3,4)40(42,43)44)58-32-27-18-25(41)11-12-28(27)50-16-15-45-35(50)47-32/h8,10-12,15-16,18,22-24,26,29-30H,6-7,9,13-14,17,19-21H2,1-5H3,(H,46,55)(H,48,52)(H,49,54)/b10-8-/t22-,23-,24-,26-,29+,30+,39-/m1/s1. The summed E-state index contributed by atoms with van der Waals surface area (Å²) in [4.78, 5) is 66.9. The molecule has 4 heterocycles. The van der Waals surface area contributed by atoms with Crippen LogP contribution in [0.3, 0.4) is 0 Å². The number of aromatic nitrogens is 3. The number of ether oxygens (including phenoxy) is 2. The van der Waals surface area contributed by atoms with Crippen LogP contribution >= 0.6 is 11.6 Å². The van der Waals surface area contributed by atoms with Crippen LogP contribution in [0, 0.1) is 17.8 Å². The highest BCUT2D eigenvalue weighted by Crippen LogP contribution is 2.48. The number of carbonyl (C=O) groups excluding carboxylic acids is 4. The highest BCUT2D eigenvalue weighted by molar-refractivity contribution is 7.91.